The lowest BCUT2D eigenvalue weighted by Crippen LogP contribution is -1.97. The average molecular weight is 310 g/mol. The molecule has 0 unspecified atom stereocenters. The summed E-state index contributed by atoms with van der Waals surface area (Å²) < 4.78 is 0.386. The first kappa shape index (κ1) is 7.13. The monoisotopic (exact) mass is 310 g/mol. The van der Waals surface area contributed by atoms with E-state index in [1.807, 2.05) is 6.92 Å². The number of alkyl halides is 1. The minimum Gasteiger partial charge on any atom is -0.287 e. The molecular weight excluding hydrogens is 306 g/mol. The molecule has 36 valence electrons. The summed E-state index contributed by atoms with van der Waals surface area (Å²) in [6.07, 6.45) is 0. The van der Waals surface area contributed by atoms with Crippen molar-refractivity contribution in [1.29, 1.82) is 0 Å². The molecule has 3 heteroatoms. The van der Waals surface area contributed by atoms with E-state index in [2.05, 4.69) is 22.6 Å². The third kappa shape index (κ3) is 3.32. The molecule has 0 aromatic carbocycles. The van der Waals surface area contributed by atoms with Crippen LogP contribution in [0.4, 0.5) is 0 Å². The van der Waals surface area contributed by atoms with Gasteiger partial charge in [-0.25, -0.2) is 0 Å². The van der Waals surface area contributed by atoms with Crippen LogP contribution >= 0.6 is 45.2 Å². The summed E-state index contributed by atoms with van der Waals surface area (Å²) in [5.41, 5.74) is 0. The van der Waals surface area contributed by atoms with E-state index in [0.29, 0.717) is 0 Å². The van der Waals surface area contributed by atoms with Crippen molar-refractivity contribution in [1.82, 2.24) is 0 Å². The maximum Gasteiger partial charge on any atom is 0.204 e. The minimum absolute atomic E-state index is 0.170. The Morgan fingerprint density at radius 3 is 2.00 bits per heavy atom. The van der Waals surface area contributed by atoms with E-state index in [-0.39, 0.29) is 7.71 Å². The summed E-state index contributed by atoms with van der Waals surface area (Å²) in [6, 6.07) is 0. The molecule has 0 rings (SSSR count). The number of hydrogen-bond donors (Lipinski definition) is 0. The van der Waals surface area contributed by atoms with Gasteiger partial charge in [0.15, 0.2) is 0 Å². The second-order valence-electron chi connectivity index (χ2n) is 0.920. The van der Waals surface area contributed by atoms with Gasteiger partial charge in [0.1, 0.15) is 0 Å². The predicted octanol–water partition coefficient (Wildman–Crippen LogP) is 1.77. The lowest BCUT2D eigenvalue weighted by Gasteiger charge is -1.86. The molecule has 0 spiro atoms. The maximum absolute atomic E-state index is 10.1. The van der Waals surface area contributed by atoms with E-state index >= 15 is 0 Å². The Bertz CT molecular complexity index is 59.8. The van der Waals surface area contributed by atoms with E-state index in [0.717, 1.165) is 0 Å². The topological polar surface area (TPSA) is 17.1 Å². The summed E-state index contributed by atoms with van der Waals surface area (Å²) in [5, 5.41) is 0. The van der Waals surface area contributed by atoms with Gasteiger partial charge in [-0.15, -0.1) is 0 Å². The summed E-state index contributed by atoms with van der Waals surface area (Å²) in [6.45, 7) is 1.87. The zero-order valence-electron chi connectivity index (χ0n) is 3.24. The Morgan fingerprint density at radius 2 is 2.00 bits per heavy atom. The smallest absolute Gasteiger partial charge is 0.204 e. The zero-order valence-corrected chi connectivity index (χ0v) is 7.56. The highest BCUT2D eigenvalue weighted by molar-refractivity contribution is 14.1. The van der Waals surface area contributed by atoms with Gasteiger partial charge >= 0.3 is 0 Å². The highest BCUT2D eigenvalue weighted by Gasteiger charge is 1.99. The number of carbonyl (C=O) groups excluding carboxylic acids is 1. The van der Waals surface area contributed by atoms with Gasteiger partial charge in [-0.2, -0.15) is 0 Å². The van der Waals surface area contributed by atoms with Crippen LogP contribution in [0.3, 0.4) is 0 Å². The summed E-state index contributed by atoms with van der Waals surface area (Å²) >= 11 is 3.86. The Morgan fingerprint density at radius 1 is 1.83 bits per heavy atom. The van der Waals surface area contributed by atoms with Crippen molar-refractivity contribution in [2.45, 2.75) is 10.8 Å². The fourth-order valence-electron chi connectivity index (χ4n) is 0. The van der Waals surface area contributed by atoms with Gasteiger partial charge < -0.3 is 0 Å². The third-order valence-electron chi connectivity index (χ3n) is 0.313. The van der Waals surface area contributed by atoms with Crippen LogP contribution in [0.2, 0.25) is 0 Å². The van der Waals surface area contributed by atoms with Crippen LogP contribution in [0.5, 0.6) is 0 Å². The molecule has 0 aliphatic carbocycles. The Hall–Kier alpha value is 1.13. The highest BCUT2D eigenvalue weighted by Crippen LogP contribution is 2.03. The fraction of sp³-hybridized carbons (Fsp3) is 0.667. The van der Waals surface area contributed by atoms with E-state index in [4.69, 9.17) is 0 Å². The predicted molar refractivity (Wildman–Crippen MR) is 42.5 cm³/mol. The Labute approximate surface area is 64.2 Å². The molecule has 0 saturated heterocycles. The van der Waals surface area contributed by atoms with Gasteiger partial charge in [-0.1, -0.05) is 22.6 Å². The number of carbonyl (C=O) groups is 1. The highest BCUT2D eigenvalue weighted by atomic mass is 127. The normalized spacial score (nSPS) is 13.8. The molecule has 0 N–H and O–H groups in total. The summed E-state index contributed by atoms with van der Waals surface area (Å²) in [7, 11) is 0. The molecule has 0 aliphatic heterocycles. The molecule has 0 bridgehead atoms. The van der Waals surface area contributed by atoms with E-state index in [1.165, 1.54) is 0 Å². The van der Waals surface area contributed by atoms with Crippen molar-refractivity contribution in [2.75, 3.05) is 0 Å². The molecule has 0 fully saturated rings. The zero-order chi connectivity index (χ0) is 5.15. The van der Waals surface area contributed by atoms with Gasteiger partial charge in [0.2, 0.25) is 3.79 Å². The van der Waals surface area contributed by atoms with Gasteiger partial charge in [0, 0.05) is 22.6 Å². The van der Waals surface area contributed by atoms with Crippen molar-refractivity contribution < 1.29 is 4.79 Å². The molecule has 0 aromatic rings. The molecule has 0 aromatic heterocycles. The van der Waals surface area contributed by atoms with Crippen LogP contribution in [0.15, 0.2) is 0 Å². The molecule has 1 nitrogen and oxygen atoms in total. The molecule has 0 radical (unpaired) electrons. The largest absolute Gasteiger partial charge is 0.287 e. The van der Waals surface area contributed by atoms with Crippen molar-refractivity contribution in [3.63, 3.8) is 0 Å². The van der Waals surface area contributed by atoms with Crippen LogP contribution in [0.1, 0.15) is 6.92 Å². The molecule has 0 amide bonds. The first-order valence-corrected chi connectivity index (χ1v) is 3.80. The van der Waals surface area contributed by atoms with Crippen molar-refractivity contribution in [2.24, 2.45) is 0 Å². The second-order valence-corrected chi connectivity index (χ2v) is 3.85. The Balaban J connectivity index is 3.26. The van der Waals surface area contributed by atoms with Crippen molar-refractivity contribution in [3.05, 3.63) is 0 Å². The van der Waals surface area contributed by atoms with Crippen LogP contribution in [-0.4, -0.2) is 7.71 Å². The number of halogens is 2. The van der Waals surface area contributed by atoms with E-state index in [9.17, 15) is 4.79 Å². The SMILES string of the molecule is C[C@H](I)C(=O)I. The van der Waals surface area contributed by atoms with Crippen LogP contribution in [0, 0.1) is 0 Å². The lowest BCUT2D eigenvalue weighted by molar-refractivity contribution is -0.108. The van der Waals surface area contributed by atoms with E-state index < -0.39 is 0 Å². The molecule has 6 heavy (non-hydrogen) atoms. The second kappa shape index (κ2) is 3.17. The van der Waals surface area contributed by atoms with Gasteiger partial charge in [0.05, 0.1) is 3.92 Å². The lowest BCUT2D eigenvalue weighted by atomic mass is 10.6. The first-order valence-electron chi connectivity index (χ1n) is 1.48. The molecule has 0 saturated carbocycles. The number of hydrogen-bond acceptors (Lipinski definition) is 1. The molecular formula is C3H4I2O. The molecule has 0 aliphatic rings. The van der Waals surface area contributed by atoms with Crippen molar-refractivity contribution >= 4 is 49.0 Å². The maximum atomic E-state index is 10.1. The van der Waals surface area contributed by atoms with Crippen molar-refractivity contribution in [3.8, 4) is 0 Å². The summed E-state index contributed by atoms with van der Waals surface area (Å²) in [4.78, 5) is 10.1. The molecule has 1 atom stereocenters. The summed E-state index contributed by atoms with van der Waals surface area (Å²) in [5.74, 6) is 0. The average Bonchev–Trinajstić information content (AvgIpc) is 1.36. The van der Waals surface area contributed by atoms with Crippen LogP contribution in [-0.2, 0) is 4.79 Å². The molecule has 0 heterocycles. The van der Waals surface area contributed by atoms with E-state index in [1.54, 1.807) is 22.6 Å². The van der Waals surface area contributed by atoms with Gasteiger partial charge in [-0.3, -0.25) is 4.79 Å². The first-order chi connectivity index (χ1) is 2.64. The number of rotatable bonds is 1. The van der Waals surface area contributed by atoms with Gasteiger partial charge in [-0.05, 0) is 6.92 Å². The van der Waals surface area contributed by atoms with Crippen LogP contribution in [0.25, 0.3) is 0 Å². The standard InChI is InChI=1S/C3H4I2O/c1-2(4)3(5)6/h2H,1H3/t2-/m0/s1. The quantitative estimate of drug-likeness (QED) is 0.410. The minimum atomic E-state index is 0.170. The van der Waals surface area contributed by atoms with Crippen LogP contribution < -0.4 is 0 Å². The van der Waals surface area contributed by atoms with Gasteiger partial charge in [0.25, 0.3) is 0 Å². The fourth-order valence-corrected chi connectivity index (χ4v) is 0. The third-order valence-corrected chi connectivity index (χ3v) is 3.00. The Kier molecular flexibility index (Phi) is 3.77.